The third-order valence-electron chi connectivity index (χ3n) is 5.96. The van der Waals surface area contributed by atoms with Crippen LogP contribution in [0.15, 0.2) is 30.3 Å². The Kier molecular flexibility index (Phi) is 6.27. The van der Waals surface area contributed by atoms with E-state index in [1.54, 1.807) is 0 Å². The fraction of sp³-hybridized carbons (Fsp3) is 0.522. The van der Waals surface area contributed by atoms with E-state index in [0.717, 1.165) is 55.5 Å². The maximum absolute atomic E-state index is 12.9. The molecule has 0 spiro atoms. The van der Waals surface area contributed by atoms with Crippen molar-refractivity contribution in [1.29, 1.82) is 0 Å². The van der Waals surface area contributed by atoms with Crippen LogP contribution < -0.4 is 15.5 Å². The van der Waals surface area contributed by atoms with Crippen molar-refractivity contribution in [1.82, 2.24) is 15.6 Å². The lowest BCUT2D eigenvalue weighted by molar-refractivity contribution is -0.121. The number of nitrogens with zero attached hydrogens (tertiary/aromatic N) is 2. The Hall–Kier alpha value is -2.63. The van der Waals surface area contributed by atoms with Gasteiger partial charge in [0.15, 0.2) is 0 Å². The van der Waals surface area contributed by atoms with Crippen LogP contribution in [0.1, 0.15) is 61.7 Å². The molecule has 0 radical (unpaired) electrons. The van der Waals surface area contributed by atoms with Crippen molar-refractivity contribution in [2.24, 2.45) is 0 Å². The number of amides is 2. The molecule has 0 bridgehead atoms. The Morgan fingerprint density at radius 2 is 1.79 bits per heavy atom. The standard InChI is InChI=1S/C23H30N4O2/c28-21(25-18-9-2-1-3-10-18)12-13-24-23(29)19-16-17-8-4-5-11-20(17)26-22(19)27-14-6-7-15-27/h4-5,8,11,16,18H,1-3,6-7,9-10,12-15H2,(H,24,29)(H,25,28). The number of para-hydroxylation sites is 1. The van der Waals surface area contributed by atoms with Crippen LogP contribution in [0.3, 0.4) is 0 Å². The van der Waals surface area contributed by atoms with Gasteiger partial charge in [0.05, 0.1) is 11.1 Å². The summed E-state index contributed by atoms with van der Waals surface area (Å²) in [5.41, 5.74) is 1.50. The lowest BCUT2D eigenvalue weighted by Crippen LogP contribution is -2.38. The minimum atomic E-state index is -0.157. The summed E-state index contributed by atoms with van der Waals surface area (Å²) in [5.74, 6) is 0.620. The number of pyridine rings is 1. The summed E-state index contributed by atoms with van der Waals surface area (Å²) in [5, 5.41) is 6.99. The predicted octanol–water partition coefficient (Wildman–Crippen LogP) is 3.40. The molecule has 2 fully saturated rings. The molecule has 2 amide bonds. The molecule has 4 rings (SSSR count). The van der Waals surface area contributed by atoms with Crippen molar-refractivity contribution in [2.45, 2.75) is 57.4 Å². The largest absolute Gasteiger partial charge is 0.356 e. The molecule has 2 aliphatic rings. The van der Waals surface area contributed by atoms with Crippen LogP contribution >= 0.6 is 0 Å². The van der Waals surface area contributed by atoms with Crippen molar-refractivity contribution < 1.29 is 9.59 Å². The highest BCUT2D eigenvalue weighted by molar-refractivity contribution is 6.02. The Balaban J connectivity index is 1.40. The molecule has 1 aromatic carbocycles. The fourth-order valence-corrected chi connectivity index (χ4v) is 4.37. The number of carbonyl (C=O) groups is 2. The second-order valence-electron chi connectivity index (χ2n) is 8.15. The van der Waals surface area contributed by atoms with Crippen LogP contribution in [0.25, 0.3) is 10.9 Å². The summed E-state index contributed by atoms with van der Waals surface area (Å²) in [6.07, 6.45) is 8.34. The van der Waals surface area contributed by atoms with Crippen molar-refractivity contribution in [3.8, 4) is 0 Å². The highest BCUT2D eigenvalue weighted by atomic mass is 16.2. The maximum atomic E-state index is 12.9. The Bertz CT molecular complexity index is 870. The van der Waals surface area contributed by atoms with Crippen molar-refractivity contribution in [3.63, 3.8) is 0 Å². The van der Waals surface area contributed by atoms with Crippen molar-refractivity contribution in [3.05, 3.63) is 35.9 Å². The van der Waals surface area contributed by atoms with Gasteiger partial charge in [0.2, 0.25) is 5.91 Å². The second kappa shape index (κ2) is 9.25. The van der Waals surface area contributed by atoms with Gasteiger partial charge in [-0.3, -0.25) is 9.59 Å². The molecule has 1 aliphatic heterocycles. The van der Waals surface area contributed by atoms with Gasteiger partial charge >= 0.3 is 0 Å². The van der Waals surface area contributed by atoms with Crippen LogP contribution in [0.5, 0.6) is 0 Å². The van der Waals surface area contributed by atoms with Crippen LogP contribution in [0, 0.1) is 0 Å². The zero-order chi connectivity index (χ0) is 20.1. The van der Waals surface area contributed by atoms with Crippen LogP contribution in [0.2, 0.25) is 0 Å². The van der Waals surface area contributed by atoms with Crippen molar-refractivity contribution in [2.75, 3.05) is 24.5 Å². The van der Waals surface area contributed by atoms with E-state index >= 15 is 0 Å². The fourth-order valence-electron chi connectivity index (χ4n) is 4.37. The second-order valence-corrected chi connectivity index (χ2v) is 8.15. The summed E-state index contributed by atoms with van der Waals surface area (Å²) >= 11 is 0. The minimum Gasteiger partial charge on any atom is -0.356 e. The number of aromatic nitrogens is 1. The number of rotatable bonds is 6. The molecule has 6 heteroatoms. The lowest BCUT2D eigenvalue weighted by Gasteiger charge is -2.23. The van der Waals surface area contributed by atoms with Crippen molar-refractivity contribution >= 4 is 28.5 Å². The Morgan fingerprint density at radius 1 is 1.03 bits per heavy atom. The zero-order valence-corrected chi connectivity index (χ0v) is 17.0. The molecule has 1 saturated heterocycles. The number of fused-ring (bicyclic) bond motifs is 1. The van der Waals surface area contributed by atoms with E-state index in [1.807, 2.05) is 30.3 Å². The number of anilines is 1. The molecule has 2 N–H and O–H groups in total. The maximum Gasteiger partial charge on any atom is 0.255 e. The minimum absolute atomic E-state index is 0.0219. The Morgan fingerprint density at radius 3 is 2.59 bits per heavy atom. The van der Waals surface area contributed by atoms with E-state index in [9.17, 15) is 9.59 Å². The first-order valence-corrected chi connectivity index (χ1v) is 10.9. The van der Waals surface area contributed by atoms with Gasteiger partial charge in [0.25, 0.3) is 5.91 Å². The molecule has 1 saturated carbocycles. The summed E-state index contributed by atoms with van der Waals surface area (Å²) < 4.78 is 0. The summed E-state index contributed by atoms with van der Waals surface area (Å²) in [7, 11) is 0. The van der Waals surface area contributed by atoms with E-state index in [4.69, 9.17) is 4.98 Å². The van der Waals surface area contributed by atoms with E-state index in [2.05, 4.69) is 15.5 Å². The summed E-state index contributed by atoms with van der Waals surface area (Å²) in [6, 6.07) is 10.1. The topological polar surface area (TPSA) is 74.3 Å². The monoisotopic (exact) mass is 394 g/mol. The van der Waals surface area contributed by atoms with Crippen LogP contribution in [-0.4, -0.2) is 42.5 Å². The van der Waals surface area contributed by atoms with Gasteiger partial charge in [-0.15, -0.1) is 0 Å². The average molecular weight is 395 g/mol. The quantitative estimate of drug-likeness (QED) is 0.787. The number of carbonyl (C=O) groups excluding carboxylic acids is 2. The highest BCUT2D eigenvalue weighted by Crippen LogP contribution is 2.26. The van der Waals surface area contributed by atoms with E-state index < -0.39 is 0 Å². The molecule has 1 aromatic heterocycles. The normalized spacial score (nSPS) is 17.4. The van der Waals surface area contributed by atoms with E-state index in [1.165, 1.54) is 19.3 Å². The summed E-state index contributed by atoms with van der Waals surface area (Å²) in [6.45, 7) is 2.19. The first-order chi connectivity index (χ1) is 14.2. The van der Waals surface area contributed by atoms with Gasteiger partial charge in [0.1, 0.15) is 5.82 Å². The van der Waals surface area contributed by atoms with Crippen LogP contribution in [0.4, 0.5) is 5.82 Å². The van der Waals surface area contributed by atoms with Gasteiger partial charge in [-0.25, -0.2) is 4.98 Å². The molecule has 2 aromatic rings. The molecule has 29 heavy (non-hydrogen) atoms. The first kappa shape index (κ1) is 19.7. The van der Waals surface area contributed by atoms with Gasteiger partial charge in [-0.05, 0) is 37.8 Å². The molecular formula is C23H30N4O2. The van der Waals surface area contributed by atoms with E-state index in [0.29, 0.717) is 24.6 Å². The van der Waals surface area contributed by atoms with Gasteiger partial charge in [-0.2, -0.15) is 0 Å². The molecular weight excluding hydrogens is 364 g/mol. The zero-order valence-electron chi connectivity index (χ0n) is 17.0. The molecule has 0 unspecified atom stereocenters. The SMILES string of the molecule is O=C(CCNC(=O)c1cc2ccccc2nc1N1CCCC1)NC1CCCCC1. The van der Waals surface area contributed by atoms with Crippen LogP contribution in [-0.2, 0) is 4.79 Å². The van der Waals surface area contributed by atoms with Gasteiger partial charge < -0.3 is 15.5 Å². The molecule has 2 heterocycles. The molecule has 154 valence electrons. The predicted molar refractivity (Wildman–Crippen MR) is 115 cm³/mol. The smallest absolute Gasteiger partial charge is 0.255 e. The highest BCUT2D eigenvalue weighted by Gasteiger charge is 2.22. The molecule has 0 atom stereocenters. The number of hydrogen-bond acceptors (Lipinski definition) is 4. The Labute approximate surface area is 172 Å². The molecule has 1 aliphatic carbocycles. The number of nitrogens with one attached hydrogen (secondary N) is 2. The third kappa shape index (κ3) is 4.86. The molecule has 6 nitrogen and oxygen atoms in total. The summed E-state index contributed by atoms with van der Waals surface area (Å²) in [4.78, 5) is 32.1. The van der Waals surface area contributed by atoms with Gasteiger partial charge in [0, 0.05) is 37.5 Å². The van der Waals surface area contributed by atoms with E-state index in [-0.39, 0.29) is 11.8 Å². The van der Waals surface area contributed by atoms with Gasteiger partial charge in [-0.1, -0.05) is 37.5 Å². The third-order valence-corrected chi connectivity index (χ3v) is 5.96. The first-order valence-electron chi connectivity index (χ1n) is 10.9. The average Bonchev–Trinajstić information content (AvgIpc) is 3.28. The lowest BCUT2D eigenvalue weighted by atomic mass is 9.95. The number of hydrogen-bond donors (Lipinski definition) is 2. The number of benzene rings is 1.